The zero-order chi connectivity index (χ0) is 11.8. The van der Waals surface area contributed by atoms with Crippen LogP contribution in [0, 0.1) is 0 Å². The molecule has 3 nitrogen and oxygen atoms in total. The van der Waals surface area contributed by atoms with E-state index in [4.69, 9.17) is 4.74 Å². The molecule has 0 spiro atoms. The van der Waals surface area contributed by atoms with E-state index in [9.17, 15) is 4.79 Å². The molecule has 0 bridgehead atoms. The molecule has 1 aromatic rings. The van der Waals surface area contributed by atoms with Crippen molar-refractivity contribution >= 4 is 18.7 Å². The van der Waals surface area contributed by atoms with E-state index in [-0.39, 0.29) is 11.3 Å². The third-order valence-electron chi connectivity index (χ3n) is 2.04. The van der Waals surface area contributed by atoms with E-state index in [0.717, 1.165) is 12.0 Å². The minimum atomic E-state index is -0.377. The molecule has 0 fully saturated rings. The first-order valence-corrected chi connectivity index (χ1v) is 5.82. The molecule has 1 N–H and O–H groups in total. The monoisotopic (exact) mass is 239 g/mol. The fourth-order valence-corrected chi connectivity index (χ4v) is 1.29. The minimum Gasteiger partial charge on any atom is -0.445 e. The van der Waals surface area contributed by atoms with Gasteiger partial charge in [-0.2, -0.15) is 12.6 Å². The zero-order valence-corrected chi connectivity index (χ0v) is 10.2. The molecule has 1 aromatic carbocycles. The van der Waals surface area contributed by atoms with Crippen molar-refractivity contribution in [2.24, 2.45) is 0 Å². The van der Waals surface area contributed by atoms with E-state index in [0.29, 0.717) is 13.2 Å². The van der Waals surface area contributed by atoms with Gasteiger partial charge in [-0.05, 0) is 12.0 Å². The van der Waals surface area contributed by atoms with Crippen LogP contribution in [0.2, 0.25) is 0 Å². The molecule has 1 rings (SSSR count). The van der Waals surface area contributed by atoms with Gasteiger partial charge in [0.1, 0.15) is 6.61 Å². The SMILES string of the molecule is CC(S)CCNC(=O)OCc1ccccc1. The number of benzene rings is 1. The summed E-state index contributed by atoms with van der Waals surface area (Å²) < 4.78 is 5.03. The van der Waals surface area contributed by atoms with Crippen LogP contribution in [0.25, 0.3) is 0 Å². The average molecular weight is 239 g/mol. The first-order valence-electron chi connectivity index (χ1n) is 5.31. The molecule has 88 valence electrons. The van der Waals surface area contributed by atoms with Crippen molar-refractivity contribution in [1.82, 2.24) is 5.32 Å². The lowest BCUT2D eigenvalue weighted by molar-refractivity contribution is 0.139. The van der Waals surface area contributed by atoms with Gasteiger partial charge in [0.25, 0.3) is 0 Å². The highest BCUT2D eigenvalue weighted by Gasteiger charge is 2.02. The second-order valence-corrected chi connectivity index (χ2v) is 4.51. The molecule has 0 saturated heterocycles. The maximum Gasteiger partial charge on any atom is 0.407 e. The highest BCUT2D eigenvalue weighted by atomic mass is 32.1. The Morgan fingerprint density at radius 1 is 1.44 bits per heavy atom. The normalized spacial score (nSPS) is 11.9. The van der Waals surface area contributed by atoms with Crippen LogP contribution in [0.5, 0.6) is 0 Å². The standard InChI is InChI=1S/C12H17NO2S/c1-10(16)7-8-13-12(14)15-9-11-5-3-2-4-6-11/h2-6,10,16H,7-9H2,1H3,(H,13,14). The number of ether oxygens (including phenoxy) is 1. The highest BCUT2D eigenvalue weighted by molar-refractivity contribution is 7.80. The van der Waals surface area contributed by atoms with E-state index in [1.54, 1.807) is 0 Å². The van der Waals surface area contributed by atoms with Gasteiger partial charge in [0, 0.05) is 11.8 Å². The second kappa shape index (κ2) is 7.17. The summed E-state index contributed by atoms with van der Waals surface area (Å²) in [6.07, 6.45) is 0.460. The first-order chi connectivity index (χ1) is 7.68. The van der Waals surface area contributed by atoms with Crippen molar-refractivity contribution in [3.63, 3.8) is 0 Å². The van der Waals surface area contributed by atoms with E-state index in [1.165, 1.54) is 0 Å². The van der Waals surface area contributed by atoms with Gasteiger partial charge in [-0.15, -0.1) is 0 Å². The van der Waals surface area contributed by atoms with Crippen LogP contribution in [0.3, 0.4) is 0 Å². The number of alkyl carbamates (subject to hydrolysis) is 1. The van der Waals surface area contributed by atoms with Gasteiger partial charge in [-0.3, -0.25) is 0 Å². The van der Waals surface area contributed by atoms with Gasteiger partial charge in [0.05, 0.1) is 0 Å². The highest BCUT2D eigenvalue weighted by Crippen LogP contribution is 2.01. The minimum absolute atomic E-state index is 0.287. The summed E-state index contributed by atoms with van der Waals surface area (Å²) in [5, 5.41) is 2.96. The molecular formula is C12H17NO2S. The van der Waals surface area contributed by atoms with Gasteiger partial charge in [-0.1, -0.05) is 37.3 Å². The summed E-state index contributed by atoms with van der Waals surface area (Å²) in [6.45, 7) is 2.89. The largest absolute Gasteiger partial charge is 0.445 e. The smallest absolute Gasteiger partial charge is 0.407 e. The van der Waals surface area contributed by atoms with Crippen LogP contribution >= 0.6 is 12.6 Å². The molecule has 0 radical (unpaired) electrons. The summed E-state index contributed by atoms with van der Waals surface area (Å²) in [7, 11) is 0. The molecule has 1 amide bonds. The summed E-state index contributed by atoms with van der Waals surface area (Å²) >= 11 is 4.22. The third kappa shape index (κ3) is 5.66. The van der Waals surface area contributed by atoms with Gasteiger partial charge < -0.3 is 10.1 Å². The molecule has 0 aliphatic carbocycles. The first kappa shape index (κ1) is 12.9. The Morgan fingerprint density at radius 3 is 2.75 bits per heavy atom. The summed E-state index contributed by atoms with van der Waals surface area (Å²) in [4.78, 5) is 11.2. The van der Waals surface area contributed by atoms with Crippen molar-refractivity contribution in [1.29, 1.82) is 0 Å². The van der Waals surface area contributed by atoms with Crippen molar-refractivity contribution in [3.8, 4) is 0 Å². The quantitative estimate of drug-likeness (QED) is 0.775. The Balaban J connectivity index is 2.16. The Hall–Kier alpha value is -1.16. The molecular weight excluding hydrogens is 222 g/mol. The Labute approximate surface area is 102 Å². The van der Waals surface area contributed by atoms with Crippen molar-refractivity contribution in [3.05, 3.63) is 35.9 Å². The van der Waals surface area contributed by atoms with Crippen molar-refractivity contribution < 1.29 is 9.53 Å². The molecule has 16 heavy (non-hydrogen) atoms. The number of nitrogens with one attached hydrogen (secondary N) is 1. The number of thiol groups is 1. The number of hydrogen-bond donors (Lipinski definition) is 2. The third-order valence-corrected chi connectivity index (χ3v) is 2.30. The van der Waals surface area contributed by atoms with Crippen LogP contribution in [-0.4, -0.2) is 17.9 Å². The molecule has 0 heterocycles. The Bertz CT molecular complexity index is 314. The maximum atomic E-state index is 11.2. The summed E-state index contributed by atoms with van der Waals surface area (Å²) in [5.74, 6) is 0. The fraction of sp³-hybridized carbons (Fsp3) is 0.417. The number of carbonyl (C=O) groups excluding carboxylic acids is 1. The Morgan fingerprint density at radius 2 is 2.12 bits per heavy atom. The molecule has 4 heteroatoms. The van der Waals surface area contributed by atoms with Crippen LogP contribution in [0.1, 0.15) is 18.9 Å². The van der Waals surface area contributed by atoms with Crippen LogP contribution in [-0.2, 0) is 11.3 Å². The number of amides is 1. The predicted octanol–water partition coefficient (Wildman–Crippen LogP) is 2.62. The lowest BCUT2D eigenvalue weighted by atomic mass is 10.2. The number of carbonyl (C=O) groups is 1. The van der Waals surface area contributed by atoms with Crippen LogP contribution < -0.4 is 5.32 Å². The zero-order valence-electron chi connectivity index (χ0n) is 9.35. The van der Waals surface area contributed by atoms with Gasteiger partial charge >= 0.3 is 6.09 Å². The topological polar surface area (TPSA) is 38.3 Å². The molecule has 1 atom stereocenters. The molecule has 1 unspecified atom stereocenters. The molecule has 0 aliphatic rings. The maximum absolute atomic E-state index is 11.2. The molecule has 0 saturated carbocycles. The number of hydrogen-bond acceptors (Lipinski definition) is 3. The molecule has 0 aromatic heterocycles. The number of rotatable bonds is 5. The van der Waals surface area contributed by atoms with Gasteiger partial charge in [0.15, 0.2) is 0 Å². The van der Waals surface area contributed by atoms with Crippen molar-refractivity contribution in [2.45, 2.75) is 25.2 Å². The predicted molar refractivity (Wildman–Crippen MR) is 67.7 cm³/mol. The fourth-order valence-electron chi connectivity index (χ4n) is 1.16. The van der Waals surface area contributed by atoms with E-state index in [2.05, 4.69) is 17.9 Å². The van der Waals surface area contributed by atoms with Crippen LogP contribution in [0.15, 0.2) is 30.3 Å². The van der Waals surface area contributed by atoms with Gasteiger partial charge in [-0.25, -0.2) is 4.79 Å². The second-order valence-electron chi connectivity index (χ2n) is 3.63. The van der Waals surface area contributed by atoms with Gasteiger partial charge in [0.2, 0.25) is 0 Å². The van der Waals surface area contributed by atoms with E-state index >= 15 is 0 Å². The lowest BCUT2D eigenvalue weighted by Crippen LogP contribution is -2.26. The summed E-state index contributed by atoms with van der Waals surface area (Å²) in [6, 6.07) is 9.60. The summed E-state index contributed by atoms with van der Waals surface area (Å²) in [5.41, 5.74) is 0.986. The van der Waals surface area contributed by atoms with E-state index in [1.807, 2.05) is 37.3 Å². The van der Waals surface area contributed by atoms with E-state index < -0.39 is 0 Å². The molecule has 0 aliphatic heterocycles. The average Bonchev–Trinajstić information content (AvgIpc) is 2.27. The van der Waals surface area contributed by atoms with Crippen molar-refractivity contribution in [2.75, 3.05) is 6.54 Å². The Kier molecular flexibility index (Phi) is 5.78. The van der Waals surface area contributed by atoms with Crippen LogP contribution in [0.4, 0.5) is 4.79 Å². The lowest BCUT2D eigenvalue weighted by Gasteiger charge is -2.07.